The van der Waals surface area contributed by atoms with Crippen LogP contribution in [0.2, 0.25) is 0 Å². The molecule has 0 atom stereocenters. The summed E-state index contributed by atoms with van der Waals surface area (Å²) in [4.78, 5) is 139. The molecule has 18 nitrogen and oxygen atoms in total. The van der Waals surface area contributed by atoms with Gasteiger partial charge in [-0.2, -0.15) is 0 Å². The van der Waals surface area contributed by atoms with E-state index in [2.05, 4.69) is 724 Å². The van der Waals surface area contributed by atoms with Gasteiger partial charge in [0.2, 0.25) is 0 Å². The Morgan fingerprint density at radius 3 is 0.0946 bits per heavy atom. The standard InChI is InChI=1S/C3H3N.14C3H4.6C2H2O.31C2H4.11CH2O/c1-2-3-4;14*1-3-2;6*1-2-3;42*1-2/h4H,1H2;14*1-2H2;6*1H2;31*1-2H2;11*1H2. The lowest BCUT2D eigenvalue weighted by Crippen LogP contribution is -1.19. The van der Waals surface area contributed by atoms with Gasteiger partial charge >= 0.3 is 0 Å². The summed E-state index contributed by atoms with van der Waals surface area (Å²) in [7, 11) is 0. The molecule has 0 radical (unpaired) electrons. The maximum absolute atomic E-state index is 8.57. The minimum atomic E-state index is 1.25. The summed E-state index contributed by atoms with van der Waals surface area (Å²) in [6.45, 7) is 315. The molecule has 0 saturated carbocycles. The van der Waals surface area contributed by atoms with Gasteiger partial charge in [-0.05, 0) is 46.1 Å². The van der Waals surface area contributed by atoms with E-state index in [0.717, 1.165) is 0 Å². The molecule has 0 aromatic heterocycles. The van der Waals surface area contributed by atoms with Crippen LogP contribution in [0.15, 0.2) is 724 Å². The Morgan fingerprint density at radius 1 is 0.0878 bits per heavy atom. The van der Waals surface area contributed by atoms with Gasteiger partial charge in [-0.15, -0.1) is 488 Å². The first kappa shape index (κ1) is 498. The number of rotatable bonds is 0. The summed E-state index contributed by atoms with van der Waals surface area (Å²) in [5.74, 6) is 9.32. The highest BCUT2D eigenvalue weighted by molar-refractivity contribution is 5.44. The van der Waals surface area contributed by atoms with Crippen LogP contribution in [-0.4, -0.2) is 116 Å². The van der Waals surface area contributed by atoms with Crippen molar-refractivity contribution in [3.05, 3.63) is 724 Å². The van der Waals surface area contributed by atoms with Crippen LogP contribution < -0.4 is 0 Å². The largest absolute Gasteiger partial charge is 0.307 e. The minimum Gasteiger partial charge on any atom is -0.307 e. The summed E-state index contributed by atoms with van der Waals surface area (Å²) in [6, 6.07) is 0. The molecule has 0 bridgehead atoms. The maximum Gasteiger partial charge on any atom is 0.116 e. The van der Waals surface area contributed by atoms with Crippen molar-refractivity contribution in [2.45, 2.75) is 0 Å². The zero-order valence-corrected chi connectivity index (χ0v) is 94.8. The molecule has 1 N–H and O–H groups in total. The van der Waals surface area contributed by atoms with Crippen molar-refractivity contribution in [1.29, 1.82) is 5.41 Å². The van der Waals surface area contributed by atoms with Crippen molar-refractivity contribution in [3.8, 4) is 0 Å². The average molecular weight is 2070 g/mol. The summed E-state index contributed by atoms with van der Waals surface area (Å²) < 4.78 is 0. The Kier molecular flexibility index (Phi) is 27700000. The van der Waals surface area contributed by atoms with Gasteiger partial charge in [0, 0.05) is 5.87 Å². The molecule has 0 aliphatic heterocycles. The second-order valence-corrected chi connectivity index (χ2v) is 4.67. The number of carbonyl (C=O) groups excluding carboxylic acids is 17. The van der Waals surface area contributed by atoms with Crippen molar-refractivity contribution >= 4 is 116 Å². The molecule has 0 unspecified atom stereocenters. The topological polar surface area (TPSA) is 314 Å². The molecule has 0 heterocycles. The van der Waals surface area contributed by atoms with Crippen LogP contribution in [0.25, 0.3) is 0 Å². The van der Waals surface area contributed by atoms with Gasteiger partial charge in [0.05, 0.1) is 0 Å². The quantitative estimate of drug-likeness (QED) is 0.102. The zero-order valence-electron chi connectivity index (χ0n) is 94.8. The van der Waals surface area contributed by atoms with Crippen LogP contribution in [0.4, 0.5) is 0 Å². The van der Waals surface area contributed by atoms with E-state index < -0.39 is 0 Å². The number of nitrogens with one attached hydrogen (secondary N) is 1. The number of hydrogen-bond donors (Lipinski definition) is 1. The molecule has 0 aliphatic carbocycles. The fourth-order valence-corrected chi connectivity index (χ4v) is 0. The third kappa shape index (κ3) is 4020. The van der Waals surface area contributed by atoms with Gasteiger partial charge < -0.3 is 52.7 Å². The second kappa shape index (κ2) is 8250000. The van der Waals surface area contributed by atoms with E-state index in [1.807, 2.05) is 80.5 Å². The smallest absolute Gasteiger partial charge is 0.116 e. The fraction of sp³-hybridized carbons (Fsp3) is 0. The van der Waals surface area contributed by atoms with Gasteiger partial charge in [-0.3, -0.25) is 5.41 Å². The third-order valence-corrected chi connectivity index (χ3v) is 0.0884. The van der Waals surface area contributed by atoms with E-state index in [1.165, 1.54) is 35.6 Å². The lowest BCUT2D eigenvalue weighted by atomic mass is 11.0. The molecule has 844 valence electrons. The highest BCUT2D eigenvalue weighted by Gasteiger charge is 1.10. The molecule has 18 heteroatoms. The van der Waals surface area contributed by atoms with E-state index in [0.29, 0.717) is 0 Å². The molecule has 148 heavy (non-hydrogen) atoms. The Hall–Kier alpha value is -22.5. The van der Waals surface area contributed by atoms with Crippen LogP contribution in [0.5, 0.6) is 0 Å². The predicted molar refractivity (Wildman–Crippen MR) is 719 cm³/mol. The Labute approximate surface area is 921 Å². The van der Waals surface area contributed by atoms with Gasteiger partial charge in [0.25, 0.3) is 0 Å². The summed E-state index contributed by atoms with van der Waals surface area (Å²) in [6.07, 6.45) is 0. The van der Waals surface area contributed by atoms with Crippen LogP contribution in [0.1, 0.15) is 0 Å². The van der Waals surface area contributed by atoms with Crippen molar-refractivity contribution < 1.29 is 81.5 Å². The van der Waals surface area contributed by atoms with Gasteiger partial charge in [-0.1, -0.05) is 190 Å². The summed E-state index contributed by atoms with van der Waals surface area (Å²) >= 11 is 0. The van der Waals surface area contributed by atoms with Gasteiger partial charge in [-0.25, -0.2) is 28.8 Å². The number of hydrogen-bond acceptors (Lipinski definition) is 18. The Bertz CT molecular complexity index is 1690. The molecule has 0 rings (SSSR count). The Balaban J connectivity index is -0.00000000814. The fourth-order valence-electron chi connectivity index (χ4n) is 0. The first-order chi connectivity index (χ1) is 72.2. The van der Waals surface area contributed by atoms with E-state index in [1.54, 1.807) is 0 Å². The molecule has 0 spiro atoms. The van der Waals surface area contributed by atoms with Crippen molar-refractivity contribution in [3.63, 3.8) is 0 Å². The highest BCUT2D eigenvalue weighted by atomic mass is 16.1. The van der Waals surface area contributed by atoms with Crippen LogP contribution in [0, 0.1) is 5.41 Å². The maximum atomic E-state index is 8.57. The van der Waals surface area contributed by atoms with Gasteiger partial charge in [0.15, 0.2) is 0 Å². The third-order valence-electron chi connectivity index (χ3n) is 0.0884. The van der Waals surface area contributed by atoms with E-state index >= 15 is 0 Å². The molecular formula is C130H217NO17. The molecule has 0 aliphatic rings. The lowest BCUT2D eigenvalue weighted by molar-refractivity contribution is -0.0987. The van der Waals surface area contributed by atoms with E-state index in [4.69, 9.17) is 86.9 Å². The SMILES string of the molecule is C=C.C=C.C=C.C=C.C=C.C=C.C=C.C=C.C=C.C=C.C=C.C=C.C=C.C=C.C=C.C=C.C=C.C=C.C=C.C=C.C=C.C=C.C=C.C=C.C=C.C=C.C=C.C=C.C=C.C=C.C=C.C=C=C.C=C=C.C=C=C.C=C=C.C=C=C.C=C=C.C=C=C.C=C=C.C=C=C.C=C=C.C=C=C.C=C=C.C=C=C.C=C=C.C=C=C=N.C=C=O.C=C=O.C=C=O.C=C=O.C=C=O.C=C=O.C=O.C=O.C=O.C=O.C=O.C=O.C=O.C=O.C=O.C=O.C=O. The van der Waals surface area contributed by atoms with Crippen molar-refractivity contribution in [1.82, 2.24) is 0 Å². The lowest BCUT2D eigenvalue weighted by Gasteiger charge is -1.20. The second-order valence-electron chi connectivity index (χ2n) is 4.67. The predicted octanol–water partition coefficient (Wildman–Crippen LogP) is 36.8. The molecule has 0 amide bonds. The molecule has 0 fully saturated rings. The monoisotopic (exact) mass is 2060 g/mol. The van der Waals surface area contributed by atoms with Crippen molar-refractivity contribution in [2.24, 2.45) is 0 Å². The molecule has 0 aromatic rings. The average Bonchev–Trinajstić information content (AvgIpc) is 3.57. The highest BCUT2D eigenvalue weighted by Crippen LogP contribution is 1.21. The van der Waals surface area contributed by atoms with Crippen molar-refractivity contribution in [2.75, 3.05) is 0 Å². The molecular weight excluding hydrogens is 1850 g/mol. The van der Waals surface area contributed by atoms with Crippen LogP contribution in [0.3, 0.4) is 0 Å². The van der Waals surface area contributed by atoms with Crippen LogP contribution >= 0.6 is 0 Å². The summed E-state index contributed by atoms with van der Waals surface area (Å²) in [5, 5.41) is 6.03. The first-order valence-electron chi connectivity index (χ1n) is 32.8. The molecule has 0 aromatic carbocycles. The minimum absolute atomic E-state index is 1.25. The van der Waals surface area contributed by atoms with Gasteiger partial charge in [0.1, 0.15) is 110 Å². The normalized spacial score (nSPS) is 2.30. The Morgan fingerprint density at radius 2 is 0.0946 bits per heavy atom. The molecule has 0 saturated heterocycles. The zero-order chi connectivity index (χ0) is 142. The first-order valence-corrected chi connectivity index (χ1v) is 32.8. The summed E-state index contributed by atoms with van der Waals surface area (Å²) in [5.41, 5.74) is 33.6. The van der Waals surface area contributed by atoms with Crippen LogP contribution in [-0.2, 0) is 81.5 Å². The van der Waals surface area contributed by atoms with E-state index in [-0.39, 0.29) is 0 Å². The van der Waals surface area contributed by atoms with E-state index in [9.17, 15) is 0 Å². The number of carbonyl (C=O) groups is 11.